The van der Waals surface area contributed by atoms with Crippen LogP contribution in [0.3, 0.4) is 0 Å². The molecule has 4 nitrogen and oxygen atoms in total. The Labute approximate surface area is 108 Å². The van der Waals surface area contributed by atoms with Crippen LogP contribution < -0.4 is 5.32 Å². The fourth-order valence-corrected chi connectivity index (χ4v) is 1.54. The van der Waals surface area contributed by atoms with Crippen LogP contribution >= 0.6 is 0 Å². The molecule has 1 aromatic rings. The van der Waals surface area contributed by atoms with Crippen LogP contribution in [0.5, 0.6) is 0 Å². The van der Waals surface area contributed by atoms with E-state index >= 15 is 0 Å². The average molecular weight is 246 g/mol. The highest BCUT2D eigenvalue weighted by Gasteiger charge is 2.01. The van der Waals surface area contributed by atoms with Crippen molar-refractivity contribution >= 4 is 5.91 Å². The van der Waals surface area contributed by atoms with Gasteiger partial charge in [0.2, 0.25) is 5.91 Å². The van der Waals surface area contributed by atoms with Gasteiger partial charge < -0.3 is 10.1 Å². The molecule has 0 fully saturated rings. The second-order valence-electron chi connectivity index (χ2n) is 4.01. The maximum absolute atomic E-state index is 11.5. The summed E-state index contributed by atoms with van der Waals surface area (Å²) in [5.41, 5.74) is 1.71. The molecule has 0 atom stereocenters. The first-order chi connectivity index (χ1) is 8.76. The van der Waals surface area contributed by atoms with Gasteiger partial charge in [-0.25, -0.2) is 0 Å². The molecule has 96 valence electrons. The van der Waals surface area contributed by atoms with Gasteiger partial charge in [-0.3, -0.25) is 4.79 Å². The lowest BCUT2D eigenvalue weighted by Gasteiger charge is -2.05. The number of hydrogen-bond donors (Lipinski definition) is 1. The van der Waals surface area contributed by atoms with E-state index in [4.69, 9.17) is 10.00 Å². The summed E-state index contributed by atoms with van der Waals surface area (Å²) in [6.07, 6.45) is 2.00. The second kappa shape index (κ2) is 8.26. The zero-order valence-electron chi connectivity index (χ0n) is 10.6. The van der Waals surface area contributed by atoms with E-state index in [1.54, 1.807) is 19.2 Å². The van der Waals surface area contributed by atoms with Crippen LogP contribution in [0.4, 0.5) is 0 Å². The number of hydrogen-bond acceptors (Lipinski definition) is 3. The minimum atomic E-state index is 0.0514. The third-order valence-electron chi connectivity index (χ3n) is 2.57. The third kappa shape index (κ3) is 5.46. The smallest absolute Gasteiger partial charge is 0.220 e. The van der Waals surface area contributed by atoms with E-state index in [2.05, 4.69) is 11.4 Å². The molecule has 4 heteroatoms. The summed E-state index contributed by atoms with van der Waals surface area (Å²) in [6.45, 7) is 1.32. The SMILES string of the molecule is COCCCNC(=O)CCc1ccc(C#N)cc1. The maximum atomic E-state index is 11.5. The fourth-order valence-electron chi connectivity index (χ4n) is 1.54. The second-order valence-corrected chi connectivity index (χ2v) is 4.01. The molecular weight excluding hydrogens is 228 g/mol. The molecule has 18 heavy (non-hydrogen) atoms. The Balaban J connectivity index is 2.23. The predicted molar refractivity (Wildman–Crippen MR) is 69.0 cm³/mol. The average Bonchev–Trinajstić information content (AvgIpc) is 2.42. The van der Waals surface area contributed by atoms with Crippen molar-refractivity contribution in [1.82, 2.24) is 5.32 Å². The Kier molecular flexibility index (Phi) is 6.52. The van der Waals surface area contributed by atoms with Gasteiger partial charge in [0.25, 0.3) is 0 Å². The number of aryl methyl sites for hydroxylation is 1. The number of nitrogens with one attached hydrogen (secondary N) is 1. The Bertz CT molecular complexity index is 407. The number of nitrogens with zero attached hydrogens (tertiary/aromatic N) is 1. The van der Waals surface area contributed by atoms with Crippen LogP contribution in [-0.4, -0.2) is 26.2 Å². The summed E-state index contributed by atoms with van der Waals surface area (Å²) in [4.78, 5) is 11.5. The molecule has 0 aliphatic rings. The number of carbonyl (C=O) groups is 1. The molecule has 1 N–H and O–H groups in total. The van der Waals surface area contributed by atoms with Gasteiger partial charge in [-0.05, 0) is 30.5 Å². The van der Waals surface area contributed by atoms with Crippen LogP contribution in [0.15, 0.2) is 24.3 Å². The predicted octanol–water partition coefficient (Wildman–Crippen LogP) is 1.64. The first-order valence-corrected chi connectivity index (χ1v) is 6.01. The van der Waals surface area contributed by atoms with Gasteiger partial charge in [-0.2, -0.15) is 5.26 Å². The normalized spacial score (nSPS) is 9.78. The van der Waals surface area contributed by atoms with E-state index in [0.717, 1.165) is 12.0 Å². The highest BCUT2D eigenvalue weighted by molar-refractivity contribution is 5.76. The van der Waals surface area contributed by atoms with E-state index < -0.39 is 0 Å². The quantitative estimate of drug-likeness (QED) is 0.744. The molecule has 0 aliphatic heterocycles. The van der Waals surface area contributed by atoms with Gasteiger partial charge in [-0.1, -0.05) is 12.1 Å². The van der Waals surface area contributed by atoms with Gasteiger partial charge in [-0.15, -0.1) is 0 Å². The number of methoxy groups -OCH3 is 1. The van der Waals surface area contributed by atoms with Crippen molar-refractivity contribution in [2.24, 2.45) is 0 Å². The van der Waals surface area contributed by atoms with Gasteiger partial charge in [0.05, 0.1) is 11.6 Å². The first-order valence-electron chi connectivity index (χ1n) is 6.01. The summed E-state index contributed by atoms with van der Waals surface area (Å²) < 4.78 is 4.90. The maximum Gasteiger partial charge on any atom is 0.220 e. The fraction of sp³-hybridized carbons (Fsp3) is 0.429. The number of benzene rings is 1. The van der Waals surface area contributed by atoms with Crippen molar-refractivity contribution in [3.63, 3.8) is 0 Å². The lowest BCUT2D eigenvalue weighted by molar-refractivity contribution is -0.121. The zero-order valence-corrected chi connectivity index (χ0v) is 10.6. The van der Waals surface area contributed by atoms with Crippen molar-refractivity contribution < 1.29 is 9.53 Å². The molecule has 0 spiro atoms. The van der Waals surface area contributed by atoms with Crippen LogP contribution in [0.1, 0.15) is 24.0 Å². The first kappa shape index (κ1) is 14.2. The van der Waals surface area contributed by atoms with Crippen molar-refractivity contribution in [3.05, 3.63) is 35.4 Å². The number of rotatable bonds is 7. The summed E-state index contributed by atoms with van der Waals surface area (Å²) in [5, 5.41) is 11.5. The van der Waals surface area contributed by atoms with E-state index in [1.807, 2.05) is 12.1 Å². The monoisotopic (exact) mass is 246 g/mol. The third-order valence-corrected chi connectivity index (χ3v) is 2.57. The van der Waals surface area contributed by atoms with Gasteiger partial charge in [0, 0.05) is 26.7 Å². The highest BCUT2D eigenvalue weighted by atomic mass is 16.5. The molecule has 0 saturated heterocycles. The minimum Gasteiger partial charge on any atom is -0.385 e. The number of ether oxygens (including phenoxy) is 1. The number of carbonyl (C=O) groups excluding carboxylic acids is 1. The largest absolute Gasteiger partial charge is 0.385 e. The molecule has 0 bridgehead atoms. The van der Waals surface area contributed by atoms with Crippen LogP contribution in [0.2, 0.25) is 0 Å². The number of amides is 1. The lowest BCUT2D eigenvalue weighted by Crippen LogP contribution is -2.25. The Hall–Kier alpha value is -1.86. The summed E-state index contributed by atoms with van der Waals surface area (Å²) in [5.74, 6) is 0.0514. The van der Waals surface area contributed by atoms with Crippen molar-refractivity contribution in [2.45, 2.75) is 19.3 Å². The Morgan fingerprint density at radius 3 is 2.72 bits per heavy atom. The standard InChI is InChI=1S/C14H18N2O2/c1-18-10-2-9-16-14(17)8-7-12-3-5-13(11-15)6-4-12/h3-6H,2,7-10H2,1H3,(H,16,17). The van der Waals surface area contributed by atoms with Gasteiger partial charge in [0.1, 0.15) is 0 Å². The highest BCUT2D eigenvalue weighted by Crippen LogP contribution is 2.05. The summed E-state index contributed by atoms with van der Waals surface area (Å²) in [7, 11) is 1.65. The van der Waals surface area contributed by atoms with Gasteiger partial charge in [0.15, 0.2) is 0 Å². The molecule has 1 amide bonds. The van der Waals surface area contributed by atoms with E-state index in [0.29, 0.717) is 31.6 Å². The van der Waals surface area contributed by atoms with E-state index in [1.165, 1.54) is 0 Å². The van der Waals surface area contributed by atoms with Gasteiger partial charge >= 0.3 is 0 Å². The van der Waals surface area contributed by atoms with Crippen LogP contribution in [0, 0.1) is 11.3 Å². The Morgan fingerprint density at radius 1 is 1.39 bits per heavy atom. The molecule has 0 aliphatic carbocycles. The topological polar surface area (TPSA) is 62.1 Å². The molecular formula is C14H18N2O2. The molecule has 0 unspecified atom stereocenters. The number of nitriles is 1. The van der Waals surface area contributed by atoms with Crippen molar-refractivity contribution in [3.8, 4) is 6.07 Å². The molecule has 0 heterocycles. The minimum absolute atomic E-state index is 0.0514. The molecule has 1 rings (SSSR count). The molecule has 1 aromatic carbocycles. The van der Waals surface area contributed by atoms with Crippen LogP contribution in [0.25, 0.3) is 0 Å². The van der Waals surface area contributed by atoms with Crippen LogP contribution in [-0.2, 0) is 16.0 Å². The summed E-state index contributed by atoms with van der Waals surface area (Å²) >= 11 is 0. The van der Waals surface area contributed by atoms with Crippen molar-refractivity contribution in [1.29, 1.82) is 5.26 Å². The van der Waals surface area contributed by atoms with E-state index in [9.17, 15) is 4.79 Å². The summed E-state index contributed by atoms with van der Waals surface area (Å²) in [6, 6.07) is 9.38. The van der Waals surface area contributed by atoms with E-state index in [-0.39, 0.29) is 5.91 Å². The molecule has 0 aromatic heterocycles. The molecule has 0 saturated carbocycles. The molecule has 0 radical (unpaired) electrons. The van der Waals surface area contributed by atoms with Crippen molar-refractivity contribution in [2.75, 3.05) is 20.3 Å². The zero-order chi connectivity index (χ0) is 13.2. The Morgan fingerprint density at radius 2 is 2.11 bits per heavy atom. The lowest BCUT2D eigenvalue weighted by atomic mass is 10.1.